The number of fused-ring (bicyclic) bond motifs is 1. The fraction of sp³-hybridized carbons (Fsp3) is 0.400. The summed E-state index contributed by atoms with van der Waals surface area (Å²) in [4.78, 5) is 0. The van der Waals surface area contributed by atoms with E-state index in [4.69, 9.17) is 9.47 Å². The van der Waals surface area contributed by atoms with Crippen LogP contribution in [0.1, 0.15) is 11.1 Å². The van der Waals surface area contributed by atoms with Gasteiger partial charge in [0.1, 0.15) is 0 Å². The van der Waals surface area contributed by atoms with E-state index in [1.54, 1.807) is 7.05 Å². The van der Waals surface area contributed by atoms with Crippen molar-refractivity contribution in [1.82, 2.24) is 5.32 Å². The maximum absolute atomic E-state index is 12.7. The molecule has 1 aromatic carbocycles. The Hall–Kier alpha value is -1.43. The van der Waals surface area contributed by atoms with Crippen LogP contribution in [-0.4, -0.2) is 13.8 Å². The highest BCUT2D eigenvalue weighted by molar-refractivity contribution is 5.53. The molecule has 0 aliphatic carbocycles. The van der Waals surface area contributed by atoms with Crippen LogP contribution in [0.2, 0.25) is 0 Å². The van der Waals surface area contributed by atoms with Crippen molar-refractivity contribution in [2.45, 2.75) is 12.7 Å². The molecule has 1 aromatic rings. The van der Waals surface area contributed by atoms with E-state index in [1.807, 2.05) is 0 Å². The van der Waals surface area contributed by atoms with Gasteiger partial charge in [-0.1, -0.05) is 0 Å². The third-order valence-corrected chi connectivity index (χ3v) is 2.30. The van der Waals surface area contributed by atoms with Crippen LogP contribution < -0.4 is 14.8 Å². The molecular weight excluding hydrogens is 223 g/mol. The van der Waals surface area contributed by atoms with Crippen molar-refractivity contribution < 1.29 is 22.6 Å². The van der Waals surface area contributed by atoms with Crippen LogP contribution >= 0.6 is 0 Å². The van der Waals surface area contributed by atoms with Crippen molar-refractivity contribution in [3.8, 4) is 11.5 Å². The predicted molar refractivity (Wildman–Crippen MR) is 50.3 cm³/mol. The molecule has 0 unspecified atom stereocenters. The summed E-state index contributed by atoms with van der Waals surface area (Å²) >= 11 is 0. The maximum atomic E-state index is 12.7. The minimum Gasteiger partial charge on any atom is -0.454 e. The molecule has 0 spiro atoms. The highest BCUT2D eigenvalue weighted by Gasteiger charge is 2.36. The third kappa shape index (κ3) is 1.80. The Morgan fingerprint density at radius 1 is 1.31 bits per heavy atom. The van der Waals surface area contributed by atoms with Gasteiger partial charge in [0, 0.05) is 12.1 Å². The van der Waals surface area contributed by atoms with Crippen molar-refractivity contribution in [2.24, 2.45) is 0 Å². The van der Waals surface area contributed by atoms with Crippen molar-refractivity contribution in [1.29, 1.82) is 0 Å². The summed E-state index contributed by atoms with van der Waals surface area (Å²) in [6.45, 7) is 0.0503. The first kappa shape index (κ1) is 11.1. The monoisotopic (exact) mass is 233 g/mol. The van der Waals surface area contributed by atoms with Gasteiger partial charge >= 0.3 is 6.18 Å². The molecule has 2 rings (SSSR count). The lowest BCUT2D eigenvalue weighted by molar-refractivity contribution is -0.138. The standard InChI is InChI=1S/C10H10F3NO2/c1-14-4-6-7(10(11,12)13)2-3-8-9(6)16-5-15-8/h2-3,14H,4-5H2,1H3. The van der Waals surface area contributed by atoms with Gasteiger partial charge in [-0.25, -0.2) is 0 Å². The number of hydrogen-bond acceptors (Lipinski definition) is 3. The summed E-state index contributed by atoms with van der Waals surface area (Å²) in [6, 6.07) is 2.30. The molecule has 1 N–H and O–H groups in total. The molecule has 1 aliphatic rings. The first-order valence-corrected chi connectivity index (χ1v) is 4.67. The van der Waals surface area contributed by atoms with E-state index in [0.29, 0.717) is 5.75 Å². The Morgan fingerprint density at radius 3 is 2.69 bits per heavy atom. The van der Waals surface area contributed by atoms with E-state index in [-0.39, 0.29) is 24.7 Å². The number of halogens is 3. The zero-order chi connectivity index (χ0) is 11.8. The summed E-state index contributed by atoms with van der Waals surface area (Å²) in [5, 5.41) is 2.69. The lowest BCUT2D eigenvalue weighted by atomic mass is 10.1. The molecular formula is C10H10F3NO2. The molecule has 0 aromatic heterocycles. The molecule has 1 heterocycles. The summed E-state index contributed by atoms with van der Waals surface area (Å²) in [5.41, 5.74) is -0.601. The number of ether oxygens (including phenoxy) is 2. The SMILES string of the molecule is CNCc1c(C(F)(F)F)ccc2c1OCO2. The molecule has 6 heteroatoms. The van der Waals surface area contributed by atoms with E-state index in [0.717, 1.165) is 6.07 Å². The molecule has 0 saturated carbocycles. The Labute approximate surface area is 90.2 Å². The summed E-state index contributed by atoms with van der Waals surface area (Å²) in [7, 11) is 1.58. The van der Waals surface area contributed by atoms with Gasteiger partial charge in [0.25, 0.3) is 0 Å². The predicted octanol–water partition coefficient (Wildman–Crippen LogP) is 2.15. The summed E-state index contributed by atoms with van der Waals surface area (Å²) < 4.78 is 48.2. The molecule has 16 heavy (non-hydrogen) atoms. The summed E-state index contributed by atoms with van der Waals surface area (Å²) in [5.74, 6) is 0.544. The first-order valence-electron chi connectivity index (χ1n) is 4.67. The average molecular weight is 233 g/mol. The molecule has 1 aliphatic heterocycles. The van der Waals surface area contributed by atoms with Gasteiger partial charge in [-0.05, 0) is 19.2 Å². The average Bonchev–Trinajstić information content (AvgIpc) is 2.64. The topological polar surface area (TPSA) is 30.5 Å². The maximum Gasteiger partial charge on any atom is 0.416 e. The largest absolute Gasteiger partial charge is 0.454 e. The van der Waals surface area contributed by atoms with E-state index in [9.17, 15) is 13.2 Å². The molecule has 3 nitrogen and oxygen atoms in total. The minimum absolute atomic E-state index is 0.0344. The Balaban J connectivity index is 2.53. The van der Waals surface area contributed by atoms with Gasteiger partial charge in [-0.15, -0.1) is 0 Å². The lowest BCUT2D eigenvalue weighted by Crippen LogP contribution is -2.14. The van der Waals surface area contributed by atoms with Crippen LogP contribution in [0.25, 0.3) is 0 Å². The van der Waals surface area contributed by atoms with Gasteiger partial charge in [-0.2, -0.15) is 13.2 Å². The normalized spacial score (nSPS) is 14.2. The number of nitrogens with one attached hydrogen (secondary N) is 1. The Morgan fingerprint density at radius 2 is 2.06 bits per heavy atom. The van der Waals surface area contributed by atoms with Crippen LogP contribution in [0, 0.1) is 0 Å². The van der Waals surface area contributed by atoms with Gasteiger partial charge in [0.2, 0.25) is 6.79 Å². The van der Waals surface area contributed by atoms with Gasteiger partial charge in [-0.3, -0.25) is 0 Å². The van der Waals surface area contributed by atoms with Gasteiger partial charge in [0.15, 0.2) is 11.5 Å². The van der Waals surface area contributed by atoms with Crippen LogP contribution in [0.3, 0.4) is 0 Å². The van der Waals surface area contributed by atoms with Crippen molar-refractivity contribution in [3.63, 3.8) is 0 Å². The zero-order valence-electron chi connectivity index (χ0n) is 8.52. The molecule has 0 radical (unpaired) electrons. The second-order valence-corrected chi connectivity index (χ2v) is 3.35. The van der Waals surface area contributed by atoms with Crippen LogP contribution in [0.15, 0.2) is 12.1 Å². The van der Waals surface area contributed by atoms with Crippen molar-refractivity contribution in [2.75, 3.05) is 13.8 Å². The van der Waals surface area contributed by atoms with Gasteiger partial charge in [0.05, 0.1) is 5.56 Å². The zero-order valence-corrected chi connectivity index (χ0v) is 8.52. The van der Waals surface area contributed by atoms with Crippen LogP contribution in [0.4, 0.5) is 13.2 Å². The molecule has 88 valence electrons. The summed E-state index contributed by atoms with van der Waals surface area (Å²) in [6.07, 6.45) is -4.38. The molecule has 0 atom stereocenters. The fourth-order valence-electron chi connectivity index (χ4n) is 1.65. The third-order valence-electron chi connectivity index (χ3n) is 2.30. The van der Waals surface area contributed by atoms with Crippen molar-refractivity contribution >= 4 is 0 Å². The first-order chi connectivity index (χ1) is 7.54. The molecule has 0 amide bonds. The van der Waals surface area contributed by atoms with E-state index in [2.05, 4.69) is 5.32 Å². The fourth-order valence-corrected chi connectivity index (χ4v) is 1.65. The molecule has 0 fully saturated rings. The highest BCUT2D eigenvalue weighted by atomic mass is 19.4. The minimum atomic E-state index is -4.38. The molecule has 0 bridgehead atoms. The van der Waals surface area contributed by atoms with E-state index in [1.165, 1.54) is 6.07 Å². The Bertz CT molecular complexity index is 404. The van der Waals surface area contributed by atoms with Crippen LogP contribution in [0.5, 0.6) is 11.5 Å². The van der Waals surface area contributed by atoms with Crippen molar-refractivity contribution in [3.05, 3.63) is 23.3 Å². The quantitative estimate of drug-likeness (QED) is 0.849. The number of rotatable bonds is 2. The second-order valence-electron chi connectivity index (χ2n) is 3.35. The van der Waals surface area contributed by atoms with E-state index >= 15 is 0 Å². The smallest absolute Gasteiger partial charge is 0.416 e. The number of hydrogen-bond donors (Lipinski definition) is 1. The number of benzene rings is 1. The lowest BCUT2D eigenvalue weighted by Gasteiger charge is -2.14. The van der Waals surface area contributed by atoms with Crippen LogP contribution in [-0.2, 0) is 12.7 Å². The Kier molecular flexibility index (Phi) is 2.67. The van der Waals surface area contributed by atoms with Gasteiger partial charge < -0.3 is 14.8 Å². The number of alkyl halides is 3. The second kappa shape index (κ2) is 3.86. The molecule has 0 saturated heterocycles. The van der Waals surface area contributed by atoms with E-state index < -0.39 is 11.7 Å². The highest BCUT2D eigenvalue weighted by Crippen LogP contribution is 2.42.